The Morgan fingerprint density at radius 2 is 2.14 bits per heavy atom. The van der Waals surface area contributed by atoms with E-state index in [9.17, 15) is 0 Å². The molecule has 3 aromatic heterocycles. The number of aryl methyl sites for hydroxylation is 2. The van der Waals surface area contributed by atoms with Crippen LogP contribution in [0.1, 0.15) is 5.56 Å². The molecule has 106 valence electrons. The highest BCUT2D eigenvalue weighted by Gasteiger charge is 2.12. The van der Waals surface area contributed by atoms with Crippen LogP contribution >= 0.6 is 0 Å². The van der Waals surface area contributed by atoms with Crippen molar-refractivity contribution in [3.8, 4) is 22.8 Å². The molecule has 0 atom stereocenters. The summed E-state index contributed by atoms with van der Waals surface area (Å²) in [4.78, 5) is 13.3. The molecule has 0 radical (unpaired) electrons. The van der Waals surface area contributed by atoms with Crippen LogP contribution in [0.5, 0.6) is 0 Å². The van der Waals surface area contributed by atoms with E-state index in [1.165, 1.54) is 0 Å². The zero-order valence-corrected chi connectivity index (χ0v) is 11.8. The van der Waals surface area contributed by atoms with Gasteiger partial charge in [-0.25, -0.2) is 15.8 Å². The second-order valence-electron chi connectivity index (χ2n) is 4.68. The smallest absolute Gasteiger partial charge is 0.181 e. The van der Waals surface area contributed by atoms with Crippen molar-refractivity contribution in [3.63, 3.8) is 0 Å². The summed E-state index contributed by atoms with van der Waals surface area (Å²) in [5.74, 6) is 6.57. The molecule has 0 bridgehead atoms. The highest BCUT2D eigenvalue weighted by atomic mass is 15.3. The van der Waals surface area contributed by atoms with Crippen molar-refractivity contribution in [2.24, 2.45) is 12.9 Å². The molecule has 0 unspecified atom stereocenters. The molecular formula is C14H15N7. The number of nitrogens with two attached hydrogens (primary N) is 1. The molecule has 7 heteroatoms. The molecule has 0 aliphatic heterocycles. The Morgan fingerprint density at radius 3 is 2.81 bits per heavy atom. The van der Waals surface area contributed by atoms with Crippen LogP contribution in [0.25, 0.3) is 22.8 Å². The van der Waals surface area contributed by atoms with Gasteiger partial charge < -0.3 is 5.43 Å². The van der Waals surface area contributed by atoms with Gasteiger partial charge in [0.2, 0.25) is 0 Å². The number of hydrogen-bond donors (Lipinski definition) is 2. The number of pyridine rings is 1. The third kappa shape index (κ3) is 2.59. The highest BCUT2D eigenvalue weighted by molar-refractivity contribution is 5.66. The molecule has 7 nitrogen and oxygen atoms in total. The Kier molecular flexibility index (Phi) is 3.33. The van der Waals surface area contributed by atoms with Crippen molar-refractivity contribution in [3.05, 3.63) is 42.4 Å². The van der Waals surface area contributed by atoms with Gasteiger partial charge in [0.25, 0.3) is 0 Å². The van der Waals surface area contributed by atoms with Crippen LogP contribution in [0.15, 0.2) is 36.8 Å². The lowest BCUT2D eigenvalue weighted by atomic mass is 10.2. The van der Waals surface area contributed by atoms with Crippen LogP contribution in [0.4, 0.5) is 5.82 Å². The van der Waals surface area contributed by atoms with Gasteiger partial charge in [-0.15, -0.1) is 0 Å². The highest BCUT2D eigenvalue weighted by Crippen LogP contribution is 2.24. The van der Waals surface area contributed by atoms with E-state index in [0.29, 0.717) is 11.6 Å². The van der Waals surface area contributed by atoms with E-state index < -0.39 is 0 Å². The molecule has 0 aliphatic carbocycles. The predicted octanol–water partition coefficient (Wildman–Crippen LogP) is 1.53. The molecular weight excluding hydrogens is 266 g/mol. The van der Waals surface area contributed by atoms with Gasteiger partial charge in [0.15, 0.2) is 5.82 Å². The third-order valence-corrected chi connectivity index (χ3v) is 3.10. The molecule has 3 rings (SSSR count). The van der Waals surface area contributed by atoms with Crippen LogP contribution in [0, 0.1) is 6.92 Å². The maximum atomic E-state index is 5.51. The van der Waals surface area contributed by atoms with Crippen molar-refractivity contribution < 1.29 is 0 Å². The molecule has 0 fully saturated rings. The summed E-state index contributed by atoms with van der Waals surface area (Å²) in [7, 11) is 1.86. The van der Waals surface area contributed by atoms with E-state index >= 15 is 0 Å². The fraction of sp³-hybridized carbons (Fsp3) is 0.143. The average molecular weight is 281 g/mol. The normalized spacial score (nSPS) is 10.6. The second kappa shape index (κ2) is 5.29. The largest absolute Gasteiger partial charge is 0.308 e. The third-order valence-electron chi connectivity index (χ3n) is 3.10. The number of rotatable bonds is 3. The number of nitrogens with one attached hydrogen (secondary N) is 1. The van der Waals surface area contributed by atoms with Crippen LogP contribution in [-0.2, 0) is 7.05 Å². The zero-order valence-electron chi connectivity index (χ0n) is 11.8. The molecule has 0 amide bonds. The molecule has 0 saturated heterocycles. The maximum absolute atomic E-state index is 5.51. The van der Waals surface area contributed by atoms with Crippen LogP contribution < -0.4 is 11.3 Å². The number of hydrogen-bond acceptors (Lipinski definition) is 6. The van der Waals surface area contributed by atoms with Crippen LogP contribution in [0.2, 0.25) is 0 Å². The van der Waals surface area contributed by atoms with Crippen molar-refractivity contribution in [1.29, 1.82) is 0 Å². The van der Waals surface area contributed by atoms with E-state index in [-0.39, 0.29) is 0 Å². The van der Waals surface area contributed by atoms with Gasteiger partial charge in [-0.3, -0.25) is 9.67 Å². The number of aromatic nitrogens is 5. The zero-order chi connectivity index (χ0) is 14.8. The molecule has 0 spiro atoms. The summed E-state index contributed by atoms with van der Waals surface area (Å²) in [6, 6.07) is 5.63. The first kappa shape index (κ1) is 13.2. The van der Waals surface area contributed by atoms with E-state index in [1.54, 1.807) is 23.1 Å². The summed E-state index contributed by atoms with van der Waals surface area (Å²) in [6.45, 7) is 1.97. The maximum Gasteiger partial charge on any atom is 0.181 e. The Labute approximate surface area is 121 Å². The predicted molar refractivity (Wildman–Crippen MR) is 80.0 cm³/mol. The van der Waals surface area contributed by atoms with Gasteiger partial charge in [-0.05, 0) is 18.6 Å². The molecule has 3 aromatic rings. The quantitative estimate of drug-likeness (QED) is 0.558. The lowest BCUT2D eigenvalue weighted by Gasteiger charge is -2.07. The minimum absolute atomic E-state index is 0.530. The summed E-state index contributed by atoms with van der Waals surface area (Å²) in [5.41, 5.74) is 5.94. The lowest BCUT2D eigenvalue weighted by molar-refractivity contribution is 0.768. The summed E-state index contributed by atoms with van der Waals surface area (Å²) in [6.07, 6.45) is 5.35. The van der Waals surface area contributed by atoms with E-state index in [0.717, 1.165) is 22.5 Å². The Balaban J connectivity index is 2.16. The number of nitrogen functional groups attached to an aromatic ring is 1. The Hall–Kier alpha value is -2.80. The molecule has 3 heterocycles. The Morgan fingerprint density at radius 1 is 1.29 bits per heavy atom. The molecule has 0 aliphatic rings. The van der Waals surface area contributed by atoms with E-state index in [4.69, 9.17) is 5.84 Å². The minimum atomic E-state index is 0.530. The number of hydrazine groups is 1. The number of nitrogens with zero attached hydrogens (tertiary/aromatic N) is 5. The van der Waals surface area contributed by atoms with E-state index in [1.807, 2.05) is 32.3 Å². The van der Waals surface area contributed by atoms with Crippen LogP contribution in [0.3, 0.4) is 0 Å². The summed E-state index contributed by atoms with van der Waals surface area (Å²) in [5, 5.41) is 4.16. The van der Waals surface area contributed by atoms with Gasteiger partial charge in [0, 0.05) is 31.1 Å². The topological polar surface area (TPSA) is 94.5 Å². The van der Waals surface area contributed by atoms with E-state index in [2.05, 4.69) is 25.5 Å². The van der Waals surface area contributed by atoms with Gasteiger partial charge >= 0.3 is 0 Å². The van der Waals surface area contributed by atoms with Gasteiger partial charge in [0.1, 0.15) is 11.5 Å². The first-order chi connectivity index (χ1) is 10.2. The standard InChI is InChI=1S/C14H15N7/c1-9-4-3-5-16-13(9)14-18-11(6-12(19-14)20-15)10-7-17-21(2)8-10/h3-8H,15H2,1-2H3,(H,18,19,20). The van der Waals surface area contributed by atoms with Crippen molar-refractivity contribution >= 4 is 5.82 Å². The monoisotopic (exact) mass is 281 g/mol. The summed E-state index contributed by atoms with van der Waals surface area (Å²) < 4.78 is 1.72. The van der Waals surface area contributed by atoms with Gasteiger partial charge in [-0.2, -0.15) is 5.10 Å². The van der Waals surface area contributed by atoms with Crippen molar-refractivity contribution in [1.82, 2.24) is 24.7 Å². The first-order valence-electron chi connectivity index (χ1n) is 6.44. The molecule has 21 heavy (non-hydrogen) atoms. The Bertz CT molecular complexity index is 778. The van der Waals surface area contributed by atoms with Crippen molar-refractivity contribution in [2.45, 2.75) is 6.92 Å². The SMILES string of the molecule is Cc1cccnc1-c1nc(NN)cc(-c2cnn(C)c2)n1. The first-order valence-corrected chi connectivity index (χ1v) is 6.44. The molecule has 0 saturated carbocycles. The van der Waals surface area contributed by atoms with Crippen molar-refractivity contribution in [2.75, 3.05) is 5.43 Å². The average Bonchev–Trinajstić information content (AvgIpc) is 2.94. The fourth-order valence-corrected chi connectivity index (χ4v) is 2.05. The fourth-order valence-electron chi connectivity index (χ4n) is 2.05. The minimum Gasteiger partial charge on any atom is -0.308 e. The van der Waals surface area contributed by atoms with Gasteiger partial charge in [0.05, 0.1) is 11.9 Å². The summed E-state index contributed by atoms with van der Waals surface area (Å²) >= 11 is 0. The van der Waals surface area contributed by atoms with Gasteiger partial charge in [-0.1, -0.05) is 6.07 Å². The second-order valence-corrected chi connectivity index (χ2v) is 4.68. The number of anilines is 1. The lowest BCUT2D eigenvalue weighted by Crippen LogP contribution is -2.10. The molecule has 3 N–H and O–H groups in total. The molecule has 0 aromatic carbocycles. The van der Waals surface area contributed by atoms with Crippen LogP contribution in [-0.4, -0.2) is 24.7 Å².